The molecule has 5 aromatic rings. The molecule has 9 heteroatoms. The number of benzene rings is 2. The van der Waals surface area contributed by atoms with Crippen molar-refractivity contribution < 1.29 is 4.79 Å². The molecule has 7 rings (SSSR count). The highest BCUT2D eigenvalue weighted by molar-refractivity contribution is 5.99. The average molecular weight is 477 g/mol. The van der Waals surface area contributed by atoms with Crippen LogP contribution in [0.25, 0.3) is 33.5 Å². The summed E-state index contributed by atoms with van der Waals surface area (Å²) in [5.41, 5.74) is 5.67. The van der Waals surface area contributed by atoms with Crippen molar-refractivity contribution in [2.24, 2.45) is 5.41 Å². The molecule has 0 aliphatic carbocycles. The number of aromatic nitrogens is 5. The molecular formula is C27H24N8O. The zero-order chi connectivity index (χ0) is 24.1. The lowest BCUT2D eigenvalue weighted by atomic mass is 9.74. The summed E-state index contributed by atoms with van der Waals surface area (Å²) in [5.74, 6) is 1.38. The SMILES string of the molecule is O=C(c1cc2ccc(-c3nccc(Nc4ccc(-c5ccn[nH]5)cc4)n3)cc2[nH]1)N1CC2(CNC2)C1. The number of carbonyl (C=O) groups is 1. The first-order chi connectivity index (χ1) is 17.6. The number of anilines is 2. The first kappa shape index (κ1) is 20.8. The highest BCUT2D eigenvalue weighted by Gasteiger charge is 2.49. The number of hydrogen-bond acceptors (Lipinski definition) is 6. The fourth-order valence-electron chi connectivity index (χ4n) is 5.03. The number of aromatic amines is 2. The molecular weight excluding hydrogens is 452 g/mol. The minimum atomic E-state index is 0.0614. The highest BCUT2D eigenvalue weighted by Crippen LogP contribution is 2.35. The van der Waals surface area contributed by atoms with E-state index < -0.39 is 0 Å². The van der Waals surface area contributed by atoms with E-state index in [4.69, 9.17) is 4.98 Å². The van der Waals surface area contributed by atoms with Gasteiger partial charge in [-0.3, -0.25) is 9.89 Å². The minimum absolute atomic E-state index is 0.0614. The van der Waals surface area contributed by atoms with Gasteiger partial charge in [0, 0.05) is 66.1 Å². The molecule has 1 amide bonds. The Morgan fingerprint density at radius 1 is 0.944 bits per heavy atom. The molecule has 2 aromatic carbocycles. The number of likely N-dealkylation sites (tertiary alicyclic amines) is 1. The lowest BCUT2D eigenvalue weighted by Gasteiger charge is -2.55. The Morgan fingerprint density at radius 3 is 2.53 bits per heavy atom. The third kappa shape index (κ3) is 3.61. The molecule has 5 heterocycles. The van der Waals surface area contributed by atoms with Gasteiger partial charge in [0.25, 0.3) is 5.91 Å². The predicted octanol–water partition coefficient (Wildman–Crippen LogP) is 3.80. The summed E-state index contributed by atoms with van der Waals surface area (Å²) in [6, 6.07) is 19.8. The molecule has 0 radical (unpaired) electrons. The van der Waals surface area contributed by atoms with Crippen LogP contribution >= 0.6 is 0 Å². The number of H-pyrrole nitrogens is 2. The summed E-state index contributed by atoms with van der Waals surface area (Å²) >= 11 is 0. The topological polar surface area (TPSA) is 115 Å². The second kappa shape index (κ2) is 8.03. The van der Waals surface area contributed by atoms with Gasteiger partial charge >= 0.3 is 0 Å². The summed E-state index contributed by atoms with van der Waals surface area (Å²) in [4.78, 5) is 27.3. The Kier molecular flexibility index (Phi) is 4.65. The number of fused-ring (bicyclic) bond motifs is 1. The molecule has 9 nitrogen and oxygen atoms in total. The van der Waals surface area contributed by atoms with Gasteiger partial charge in [-0.1, -0.05) is 24.3 Å². The molecule has 3 aromatic heterocycles. The molecule has 36 heavy (non-hydrogen) atoms. The van der Waals surface area contributed by atoms with Crippen LogP contribution in [-0.2, 0) is 0 Å². The summed E-state index contributed by atoms with van der Waals surface area (Å²) in [7, 11) is 0. The molecule has 0 atom stereocenters. The van der Waals surface area contributed by atoms with E-state index in [1.54, 1.807) is 12.4 Å². The largest absolute Gasteiger partial charge is 0.351 e. The number of nitrogens with one attached hydrogen (secondary N) is 4. The van der Waals surface area contributed by atoms with E-state index in [0.717, 1.165) is 59.6 Å². The molecule has 4 N–H and O–H groups in total. The first-order valence-electron chi connectivity index (χ1n) is 12.0. The van der Waals surface area contributed by atoms with Gasteiger partial charge in [0.15, 0.2) is 5.82 Å². The van der Waals surface area contributed by atoms with Crippen molar-refractivity contribution in [1.82, 2.24) is 35.4 Å². The van der Waals surface area contributed by atoms with Gasteiger partial charge in [0.1, 0.15) is 11.5 Å². The number of rotatable bonds is 5. The van der Waals surface area contributed by atoms with Crippen LogP contribution in [0, 0.1) is 5.41 Å². The minimum Gasteiger partial charge on any atom is -0.351 e. The maximum absolute atomic E-state index is 12.9. The lowest BCUT2D eigenvalue weighted by molar-refractivity contribution is -0.0251. The smallest absolute Gasteiger partial charge is 0.270 e. The van der Waals surface area contributed by atoms with Crippen LogP contribution in [0.2, 0.25) is 0 Å². The first-order valence-corrected chi connectivity index (χ1v) is 12.0. The van der Waals surface area contributed by atoms with Crippen LogP contribution in [0.4, 0.5) is 11.5 Å². The fourth-order valence-corrected chi connectivity index (χ4v) is 5.03. The number of carbonyl (C=O) groups excluding carboxylic acids is 1. The number of nitrogens with zero attached hydrogens (tertiary/aromatic N) is 4. The van der Waals surface area contributed by atoms with E-state index in [0.29, 0.717) is 22.8 Å². The van der Waals surface area contributed by atoms with Crippen molar-refractivity contribution in [2.45, 2.75) is 0 Å². The van der Waals surface area contributed by atoms with Crippen molar-refractivity contribution in [3.05, 3.63) is 78.8 Å². The molecule has 1 spiro atoms. The Bertz CT molecular complexity index is 1560. The van der Waals surface area contributed by atoms with E-state index in [1.807, 2.05) is 65.6 Å². The van der Waals surface area contributed by atoms with E-state index in [1.165, 1.54) is 0 Å². The van der Waals surface area contributed by atoms with Gasteiger partial charge in [-0.2, -0.15) is 5.10 Å². The molecule has 2 aliphatic heterocycles. The molecule has 2 fully saturated rings. The van der Waals surface area contributed by atoms with Crippen LogP contribution in [0.3, 0.4) is 0 Å². The van der Waals surface area contributed by atoms with Crippen molar-refractivity contribution in [2.75, 3.05) is 31.5 Å². The molecule has 2 saturated heterocycles. The second-order valence-electron chi connectivity index (χ2n) is 9.69. The van der Waals surface area contributed by atoms with E-state index >= 15 is 0 Å². The van der Waals surface area contributed by atoms with Crippen molar-refractivity contribution in [3.63, 3.8) is 0 Å². The second-order valence-corrected chi connectivity index (χ2v) is 9.69. The summed E-state index contributed by atoms with van der Waals surface area (Å²) in [6.45, 7) is 3.69. The number of hydrogen-bond donors (Lipinski definition) is 4. The third-order valence-electron chi connectivity index (χ3n) is 7.08. The van der Waals surface area contributed by atoms with Gasteiger partial charge in [0.2, 0.25) is 0 Å². The lowest BCUT2D eigenvalue weighted by Crippen LogP contribution is -2.71. The molecule has 0 unspecified atom stereocenters. The summed E-state index contributed by atoms with van der Waals surface area (Å²) in [5, 5.41) is 14.6. The maximum Gasteiger partial charge on any atom is 0.270 e. The molecule has 178 valence electrons. The molecule has 2 aliphatic rings. The van der Waals surface area contributed by atoms with Crippen LogP contribution < -0.4 is 10.6 Å². The molecule has 0 bridgehead atoms. The fraction of sp³-hybridized carbons (Fsp3) is 0.185. The van der Waals surface area contributed by atoms with Gasteiger partial charge < -0.3 is 20.5 Å². The van der Waals surface area contributed by atoms with Crippen LogP contribution in [0.1, 0.15) is 10.5 Å². The van der Waals surface area contributed by atoms with Gasteiger partial charge in [0.05, 0.1) is 5.69 Å². The zero-order valence-electron chi connectivity index (χ0n) is 19.5. The Balaban J connectivity index is 1.09. The quantitative estimate of drug-likeness (QED) is 0.307. The van der Waals surface area contributed by atoms with Gasteiger partial charge in [-0.25, -0.2) is 9.97 Å². The average Bonchev–Trinajstić information content (AvgIpc) is 3.53. The van der Waals surface area contributed by atoms with Crippen LogP contribution in [-0.4, -0.2) is 62.1 Å². The van der Waals surface area contributed by atoms with Gasteiger partial charge in [-0.05, 0) is 42.0 Å². The summed E-state index contributed by atoms with van der Waals surface area (Å²) < 4.78 is 0. The van der Waals surface area contributed by atoms with Crippen molar-refractivity contribution in [3.8, 4) is 22.6 Å². The number of amides is 1. The normalized spacial score (nSPS) is 16.1. The third-order valence-corrected chi connectivity index (χ3v) is 7.08. The Labute approximate surface area is 207 Å². The van der Waals surface area contributed by atoms with E-state index in [9.17, 15) is 4.79 Å². The monoisotopic (exact) mass is 476 g/mol. The summed E-state index contributed by atoms with van der Waals surface area (Å²) in [6.07, 6.45) is 3.48. The Hall–Kier alpha value is -4.50. The highest BCUT2D eigenvalue weighted by atomic mass is 16.2. The predicted molar refractivity (Wildman–Crippen MR) is 138 cm³/mol. The standard InChI is InChI=1S/C27H24N8O/c36-26(35-15-27(16-35)13-28-14-27)23-11-18-1-2-19(12-22(18)32-23)25-29-9-8-24(33-25)31-20-5-3-17(4-6-20)21-7-10-30-34-21/h1-12,28,32H,13-16H2,(H,30,34)(H,29,31,33). The molecule has 0 saturated carbocycles. The van der Waals surface area contributed by atoms with Crippen LogP contribution in [0.5, 0.6) is 0 Å². The van der Waals surface area contributed by atoms with Gasteiger partial charge in [-0.15, -0.1) is 0 Å². The van der Waals surface area contributed by atoms with Crippen molar-refractivity contribution >= 4 is 28.3 Å². The van der Waals surface area contributed by atoms with Crippen molar-refractivity contribution in [1.29, 1.82) is 0 Å². The van der Waals surface area contributed by atoms with E-state index in [2.05, 4.69) is 30.8 Å². The van der Waals surface area contributed by atoms with E-state index in [-0.39, 0.29) is 5.91 Å². The Morgan fingerprint density at radius 2 is 1.78 bits per heavy atom. The maximum atomic E-state index is 12.9. The zero-order valence-corrected chi connectivity index (χ0v) is 19.5. The van der Waals surface area contributed by atoms with Crippen LogP contribution in [0.15, 0.2) is 73.1 Å².